The van der Waals surface area contributed by atoms with Crippen molar-refractivity contribution in [1.29, 1.82) is 0 Å². The van der Waals surface area contributed by atoms with Gasteiger partial charge in [-0.1, -0.05) is 29.8 Å². The molecule has 2 aliphatic rings. The third kappa shape index (κ3) is 5.01. The van der Waals surface area contributed by atoms with E-state index in [0.717, 1.165) is 69.5 Å². The maximum Gasteiger partial charge on any atom is 0.191 e. The zero-order valence-corrected chi connectivity index (χ0v) is 18.4. The lowest BCUT2D eigenvalue weighted by Crippen LogP contribution is -2.47. The van der Waals surface area contributed by atoms with Gasteiger partial charge in [-0.3, -0.25) is 4.99 Å². The number of rotatable bonds is 5. The van der Waals surface area contributed by atoms with Crippen molar-refractivity contribution in [3.05, 3.63) is 47.0 Å². The molecule has 0 radical (unpaired) electrons. The van der Waals surface area contributed by atoms with Crippen LogP contribution in [0.1, 0.15) is 55.1 Å². The van der Waals surface area contributed by atoms with Crippen LogP contribution in [0.25, 0.3) is 0 Å². The molecule has 0 bridgehead atoms. The summed E-state index contributed by atoms with van der Waals surface area (Å²) >= 11 is 0. The van der Waals surface area contributed by atoms with Crippen molar-refractivity contribution in [1.82, 2.24) is 25.4 Å². The van der Waals surface area contributed by atoms with Gasteiger partial charge < -0.3 is 15.4 Å². The number of nitrogens with zero attached hydrogens (tertiary/aromatic N) is 4. The third-order valence-corrected chi connectivity index (χ3v) is 5.98. The number of fused-ring (bicyclic) bond motifs is 1. The van der Waals surface area contributed by atoms with Crippen molar-refractivity contribution in [2.24, 2.45) is 10.9 Å². The Labute approximate surface area is 179 Å². The van der Waals surface area contributed by atoms with Crippen LogP contribution in [-0.4, -0.2) is 46.5 Å². The highest BCUT2D eigenvalue weighted by molar-refractivity contribution is 5.80. The molecule has 1 saturated heterocycles. The monoisotopic (exact) mass is 410 g/mol. The van der Waals surface area contributed by atoms with Gasteiger partial charge in [0.15, 0.2) is 5.96 Å². The minimum Gasteiger partial charge on any atom is -0.373 e. The molecule has 1 aromatic heterocycles. The number of aliphatic imine (C=N–C) groups is 1. The second kappa shape index (κ2) is 9.60. The van der Waals surface area contributed by atoms with Gasteiger partial charge in [0.2, 0.25) is 0 Å². The normalized spacial score (nSPS) is 24.4. The fraction of sp³-hybridized carbons (Fsp3) is 0.609. The molecule has 7 nitrogen and oxygen atoms in total. The summed E-state index contributed by atoms with van der Waals surface area (Å²) in [6, 6.07) is 9.05. The maximum atomic E-state index is 6.17. The van der Waals surface area contributed by atoms with Gasteiger partial charge in [0.1, 0.15) is 11.6 Å². The van der Waals surface area contributed by atoms with Crippen LogP contribution in [0, 0.1) is 19.8 Å². The van der Waals surface area contributed by atoms with Crippen LogP contribution < -0.4 is 10.6 Å². The molecule has 2 aromatic rings. The largest absolute Gasteiger partial charge is 0.373 e. The van der Waals surface area contributed by atoms with Gasteiger partial charge >= 0.3 is 0 Å². The van der Waals surface area contributed by atoms with Crippen LogP contribution in [-0.2, 0) is 17.7 Å². The summed E-state index contributed by atoms with van der Waals surface area (Å²) in [6.45, 7) is 9.45. The Morgan fingerprint density at radius 2 is 2.07 bits per heavy atom. The highest BCUT2D eigenvalue weighted by Gasteiger charge is 2.28. The molecule has 0 amide bonds. The van der Waals surface area contributed by atoms with Gasteiger partial charge in [0, 0.05) is 38.1 Å². The Balaban J connectivity index is 1.41. The predicted octanol–water partition coefficient (Wildman–Crippen LogP) is 2.93. The third-order valence-electron chi connectivity index (χ3n) is 5.98. The summed E-state index contributed by atoms with van der Waals surface area (Å²) in [5.74, 6) is 3.22. The van der Waals surface area contributed by atoms with Gasteiger partial charge in [-0.15, -0.1) is 0 Å². The second-order valence-corrected chi connectivity index (χ2v) is 8.46. The molecule has 2 N–H and O–H groups in total. The number of aryl methyl sites for hydroxylation is 3. The molecule has 3 atom stereocenters. The number of ether oxygens (including phenoxy) is 1. The molecule has 0 spiro atoms. The maximum absolute atomic E-state index is 6.17. The molecule has 3 unspecified atom stereocenters. The highest BCUT2D eigenvalue weighted by Crippen LogP contribution is 2.34. The standard InChI is InChI=1S/C23H34N6O/c1-4-24-23(27-20-11-12-21-26-17(3)28-29(21)15-20)25-14-19-6-5-13-30-22(19)18-9-7-16(2)8-10-18/h7-10,19-20,22H,4-6,11-15H2,1-3H3,(H2,24,25,27). The number of hydrogen-bond donors (Lipinski definition) is 2. The summed E-state index contributed by atoms with van der Waals surface area (Å²) in [5, 5.41) is 11.5. The lowest BCUT2D eigenvalue weighted by atomic mass is 9.89. The van der Waals surface area contributed by atoms with E-state index in [1.165, 1.54) is 11.1 Å². The van der Waals surface area contributed by atoms with E-state index in [2.05, 4.69) is 58.8 Å². The molecule has 2 aliphatic heterocycles. The Hall–Kier alpha value is -2.41. The predicted molar refractivity (Wildman–Crippen MR) is 119 cm³/mol. The number of guanidine groups is 1. The minimum absolute atomic E-state index is 0.126. The Kier molecular flexibility index (Phi) is 6.67. The molecule has 7 heteroatoms. The topological polar surface area (TPSA) is 76.4 Å². The van der Waals surface area contributed by atoms with E-state index in [1.807, 2.05) is 11.6 Å². The van der Waals surface area contributed by atoms with Crippen LogP contribution in [0.2, 0.25) is 0 Å². The first kappa shape index (κ1) is 20.8. The van der Waals surface area contributed by atoms with Crippen LogP contribution in [0.5, 0.6) is 0 Å². The van der Waals surface area contributed by atoms with Crippen LogP contribution in [0.4, 0.5) is 0 Å². The van der Waals surface area contributed by atoms with Crippen LogP contribution in [0.3, 0.4) is 0 Å². The van der Waals surface area contributed by atoms with Crippen molar-refractivity contribution in [2.75, 3.05) is 19.7 Å². The molecule has 1 fully saturated rings. The molecule has 4 rings (SSSR count). The Morgan fingerprint density at radius 1 is 1.23 bits per heavy atom. The molecular formula is C23H34N6O. The van der Waals surface area contributed by atoms with Crippen molar-refractivity contribution in [3.8, 4) is 0 Å². The van der Waals surface area contributed by atoms with Crippen LogP contribution in [0.15, 0.2) is 29.3 Å². The van der Waals surface area contributed by atoms with E-state index in [1.54, 1.807) is 0 Å². The first-order valence-electron chi connectivity index (χ1n) is 11.3. The molecule has 3 heterocycles. The lowest BCUT2D eigenvalue weighted by molar-refractivity contribution is -0.0250. The van der Waals surface area contributed by atoms with E-state index in [0.29, 0.717) is 12.0 Å². The van der Waals surface area contributed by atoms with Crippen molar-refractivity contribution >= 4 is 5.96 Å². The summed E-state index contributed by atoms with van der Waals surface area (Å²) < 4.78 is 8.20. The highest BCUT2D eigenvalue weighted by atomic mass is 16.5. The molecule has 0 saturated carbocycles. The summed E-state index contributed by atoms with van der Waals surface area (Å²) in [7, 11) is 0. The number of aromatic nitrogens is 3. The summed E-state index contributed by atoms with van der Waals surface area (Å²) in [4.78, 5) is 9.46. The number of hydrogen-bond acceptors (Lipinski definition) is 4. The zero-order valence-electron chi connectivity index (χ0n) is 18.4. The van der Waals surface area contributed by atoms with Gasteiger partial charge in [0.05, 0.1) is 12.6 Å². The quantitative estimate of drug-likeness (QED) is 0.585. The first-order valence-corrected chi connectivity index (χ1v) is 11.3. The first-order chi connectivity index (χ1) is 14.6. The minimum atomic E-state index is 0.126. The number of benzene rings is 1. The van der Waals surface area contributed by atoms with Crippen molar-refractivity contribution < 1.29 is 4.74 Å². The average Bonchev–Trinajstić information content (AvgIpc) is 3.12. The Morgan fingerprint density at radius 3 is 2.87 bits per heavy atom. The number of nitrogens with one attached hydrogen (secondary N) is 2. The van der Waals surface area contributed by atoms with Gasteiger partial charge in [0.25, 0.3) is 0 Å². The van der Waals surface area contributed by atoms with Crippen molar-refractivity contribution in [2.45, 2.75) is 65.1 Å². The molecule has 30 heavy (non-hydrogen) atoms. The molecule has 162 valence electrons. The van der Waals surface area contributed by atoms with E-state index >= 15 is 0 Å². The zero-order chi connectivity index (χ0) is 20.9. The second-order valence-electron chi connectivity index (χ2n) is 8.46. The van der Waals surface area contributed by atoms with E-state index < -0.39 is 0 Å². The van der Waals surface area contributed by atoms with Gasteiger partial charge in [-0.2, -0.15) is 5.10 Å². The van der Waals surface area contributed by atoms with Crippen molar-refractivity contribution in [3.63, 3.8) is 0 Å². The Bertz CT molecular complexity index is 859. The van der Waals surface area contributed by atoms with Gasteiger partial charge in [-0.05, 0) is 45.6 Å². The van der Waals surface area contributed by atoms with E-state index in [4.69, 9.17) is 9.73 Å². The fourth-order valence-corrected chi connectivity index (χ4v) is 4.43. The molecule has 0 aliphatic carbocycles. The van der Waals surface area contributed by atoms with E-state index in [9.17, 15) is 0 Å². The molecular weight excluding hydrogens is 376 g/mol. The average molecular weight is 411 g/mol. The van der Waals surface area contributed by atoms with E-state index in [-0.39, 0.29) is 6.10 Å². The molecule has 1 aromatic carbocycles. The summed E-state index contributed by atoms with van der Waals surface area (Å²) in [6.07, 6.45) is 4.36. The fourth-order valence-electron chi connectivity index (χ4n) is 4.43. The van der Waals surface area contributed by atoms with Gasteiger partial charge in [-0.25, -0.2) is 9.67 Å². The lowest BCUT2D eigenvalue weighted by Gasteiger charge is -2.31. The SMILES string of the molecule is CCNC(=NCC1CCCOC1c1ccc(C)cc1)NC1CCc2nc(C)nn2C1. The summed E-state index contributed by atoms with van der Waals surface area (Å²) in [5.41, 5.74) is 2.54. The van der Waals surface area contributed by atoms with Crippen LogP contribution >= 0.6 is 0 Å². The smallest absolute Gasteiger partial charge is 0.191 e.